The van der Waals surface area contributed by atoms with Crippen molar-refractivity contribution in [3.05, 3.63) is 65.7 Å². The minimum Gasteiger partial charge on any atom is -0.304 e. The Labute approximate surface area is 206 Å². The van der Waals surface area contributed by atoms with Crippen molar-refractivity contribution < 1.29 is 4.79 Å². The first kappa shape index (κ1) is 22.1. The molecule has 2 fully saturated rings. The second-order valence-electron chi connectivity index (χ2n) is 10.4. The SMILES string of the molecule is CCCc1c(CN2C(=O)C3(CCN(SC4(C)CC4)CC3)c3ccncc32)ncc2ccccc12. The van der Waals surface area contributed by atoms with Gasteiger partial charge in [-0.1, -0.05) is 49.6 Å². The number of rotatable bonds is 6. The molecule has 34 heavy (non-hydrogen) atoms. The number of nitrogens with zero attached hydrogens (tertiary/aromatic N) is 4. The summed E-state index contributed by atoms with van der Waals surface area (Å²) in [6.07, 6.45) is 12.0. The predicted molar refractivity (Wildman–Crippen MR) is 139 cm³/mol. The van der Waals surface area contributed by atoms with Crippen molar-refractivity contribution in [1.29, 1.82) is 0 Å². The summed E-state index contributed by atoms with van der Waals surface area (Å²) in [5.74, 6) is 0.232. The molecule has 2 aromatic heterocycles. The molecule has 1 aromatic carbocycles. The zero-order chi connectivity index (χ0) is 23.3. The van der Waals surface area contributed by atoms with Gasteiger partial charge in [-0.2, -0.15) is 0 Å². The number of hydrogen-bond acceptors (Lipinski definition) is 5. The van der Waals surface area contributed by atoms with E-state index < -0.39 is 5.41 Å². The van der Waals surface area contributed by atoms with Gasteiger partial charge in [0.05, 0.1) is 29.5 Å². The highest BCUT2D eigenvalue weighted by atomic mass is 32.2. The van der Waals surface area contributed by atoms with Crippen LogP contribution in [-0.4, -0.2) is 38.0 Å². The summed E-state index contributed by atoms with van der Waals surface area (Å²) in [5.41, 5.74) is 3.98. The molecule has 1 amide bonds. The molecule has 2 aliphatic heterocycles. The third kappa shape index (κ3) is 3.62. The van der Waals surface area contributed by atoms with Gasteiger partial charge in [0.1, 0.15) is 0 Å². The molecular weight excluding hydrogens is 440 g/mol. The number of hydrogen-bond donors (Lipinski definition) is 0. The second kappa shape index (κ2) is 8.35. The number of benzene rings is 1. The van der Waals surface area contributed by atoms with Gasteiger partial charge >= 0.3 is 0 Å². The number of carbonyl (C=O) groups is 1. The average Bonchev–Trinajstić information content (AvgIpc) is 3.55. The average molecular weight is 473 g/mol. The molecule has 1 aliphatic carbocycles. The minimum atomic E-state index is -0.429. The fourth-order valence-electron chi connectivity index (χ4n) is 5.75. The second-order valence-corrected chi connectivity index (χ2v) is 12.0. The zero-order valence-corrected chi connectivity index (χ0v) is 20.9. The maximum Gasteiger partial charge on any atom is 0.238 e. The maximum atomic E-state index is 14.1. The van der Waals surface area contributed by atoms with Gasteiger partial charge in [0.15, 0.2) is 0 Å². The summed E-state index contributed by atoms with van der Waals surface area (Å²) in [6, 6.07) is 10.5. The quantitative estimate of drug-likeness (QED) is 0.433. The van der Waals surface area contributed by atoms with Crippen LogP contribution in [0.4, 0.5) is 5.69 Å². The Morgan fingerprint density at radius 1 is 1.06 bits per heavy atom. The van der Waals surface area contributed by atoms with Gasteiger partial charge in [-0.15, -0.1) is 0 Å². The number of fused-ring (bicyclic) bond motifs is 3. The number of aromatic nitrogens is 2. The maximum absolute atomic E-state index is 14.1. The molecule has 0 bridgehead atoms. The first-order valence-corrected chi connectivity index (χ1v) is 13.4. The van der Waals surface area contributed by atoms with E-state index in [2.05, 4.69) is 53.5 Å². The third-order valence-corrected chi connectivity index (χ3v) is 9.41. The molecule has 3 aliphatic rings. The molecule has 0 N–H and O–H groups in total. The normalized spacial score (nSPS) is 20.8. The number of carbonyl (C=O) groups excluding carboxylic acids is 1. The van der Waals surface area contributed by atoms with Gasteiger partial charge in [-0.25, -0.2) is 0 Å². The third-order valence-electron chi connectivity index (χ3n) is 7.94. The summed E-state index contributed by atoms with van der Waals surface area (Å²) in [4.78, 5) is 25.4. The Morgan fingerprint density at radius 2 is 1.85 bits per heavy atom. The fraction of sp³-hybridized carbons (Fsp3) is 0.464. The molecule has 176 valence electrons. The molecular formula is C28H32N4OS. The van der Waals surface area contributed by atoms with Crippen LogP contribution >= 0.6 is 11.9 Å². The number of amides is 1. The zero-order valence-electron chi connectivity index (χ0n) is 20.1. The Kier molecular flexibility index (Phi) is 5.41. The lowest BCUT2D eigenvalue weighted by atomic mass is 9.74. The number of anilines is 1. The summed E-state index contributed by atoms with van der Waals surface area (Å²) < 4.78 is 2.93. The molecule has 1 saturated heterocycles. The van der Waals surface area contributed by atoms with Crippen molar-refractivity contribution in [3.8, 4) is 0 Å². The van der Waals surface area contributed by atoms with E-state index >= 15 is 0 Å². The summed E-state index contributed by atoms with van der Waals surface area (Å²) >= 11 is 2.01. The Bertz CT molecular complexity index is 1250. The topological polar surface area (TPSA) is 49.3 Å². The van der Waals surface area contributed by atoms with E-state index in [4.69, 9.17) is 4.98 Å². The van der Waals surface area contributed by atoms with Crippen molar-refractivity contribution in [2.24, 2.45) is 0 Å². The van der Waals surface area contributed by atoms with Gasteiger partial charge in [0.2, 0.25) is 5.91 Å². The molecule has 1 spiro atoms. The van der Waals surface area contributed by atoms with Gasteiger partial charge < -0.3 is 4.90 Å². The molecule has 1 saturated carbocycles. The largest absolute Gasteiger partial charge is 0.304 e. The van der Waals surface area contributed by atoms with E-state index in [1.807, 2.05) is 35.4 Å². The number of piperidine rings is 1. The van der Waals surface area contributed by atoms with Crippen LogP contribution in [0.3, 0.4) is 0 Å². The van der Waals surface area contributed by atoms with Crippen molar-refractivity contribution in [1.82, 2.24) is 14.3 Å². The number of aryl methyl sites for hydroxylation is 1. The van der Waals surface area contributed by atoms with Crippen LogP contribution in [-0.2, 0) is 23.2 Å². The van der Waals surface area contributed by atoms with E-state index in [1.54, 1.807) is 0 Å². The van der Waals surface area contributed by atoms with E-state index in [1.165, 1.54) is 23.8 Å². The molecule has 0 atom stereocenters. The molecule has 5 nitrogen and oxygen atoms in total. The first-order chi connectivity index (χ1) is 16.5. The van der Waals surface area contributed by atoms with Crippen LogP contribution in [0.1, 0.15) is 62.8 Å². The lowest BCUT2D eigenvalue weighted by Gasteiger charge is -2.38. The minimum absolute atomic E-state index is 0.232. The standard InChI is InChI=1S/C28H32N4OS/c1-3-6-22-21-8-5-4-7-20(21)17-30-24(22)19-32-25-18-29-14-9-23(25)28(26(32)33)12-15-31(16-13-28)34-27(2)10-11-27/h4-5,7-9,14,17-18H,3,6,10-13,15-16,19H2,1-2H3. The molecule has 0 unspecified atom stereocenters. The van der Waals surface area contributed by atoms with Gasteiger partial charge in [-0.3, -0.25) is 19.1 Å². The van der Waals surface area contributed by atoms with Gasteiger partial charge in [-0.05, 0) is 61.6 Å². The van der Waals surface area contributed by atoms with Crippen molar-refractivity contribution in [2.45, 2.75) is 69.1 Å². The summed E-state index contributed by atoms with van der Waals surface area (Å²) in [6.45, 7) is 6.98. The number of pyridine rings is 2. The summed E-state index contributed by atoms with van der Waals surface area (Å²) in [5, 5.41) is 2.41. The molecule has 6 rings (SSSR count). The highest BCUT2D eigenvalue weighted by Crippen LogP contribution is 2.53. The van der Waals surface area contributed by atoms with Crippen LogP contribution in [0.2, 0.25) is 0 Å². The van der Waals surface area contributed by atoms with Crippen LogP contribution in [0.15, 0.2) is 48.9 Å². The van der Waals surface area contributed by atoms with Crippen molar-refractivity contribution in [2.75, 3.05) is 18.0 Å². The monoisotopic (exact) mass is 472 g/mol. The highest BCUT2D eigenvalue weighted by Gasteiger charge is 2.53. The van der Waals surface area contributed by atoms with E-state index in [0.717, 1.165) is 61.1 Å². The van der Waals surface area contributed by atoms with E-state index in [-0.39, 0.29) is 5.91 Å². The van der Waals surface area contributed by atoms with Crippen molar-refractivity contribution >= 4 is 34.3 Å². The predicted octanol–water partition coefficient (Wildman–Crippen LogP) is 5.66. The van der Waals surface area contributed by atoms with Crippen LogP contribution in [0, 0.1) is 0 Å². The van der Waals surface area contributed by atoms with E-state index in [9.17, 15) is 4.79 Å². The van der Waals surface area contributed by atoms with Gasteiger partial charge in [0, 0.05) is 35.6 Å². The lowest BCUT2D eigenvalue weighted by molar-refractivity contribution is -0.124. The Morgan fingerprint density at radius 3 is 2.62 bits per heavy atom. The lowest BCUT2D eigenvalue weighted by Crippen LogP contribution is -2.47. The van der Waals surface area contributed by atoms with Gasteiger partial charge in [0.25, 0.3) is 0 Å². The highest BCUT2D eigenvalue weighted by molar-refractivity contribution is 7.98. The molecule has 0 radical (unpaired) electrons. The molecule has 6 heteroatoms. The van der Waals surface area contributed by atoms with Crippen LogP contribution < -0.4 is 4.90 Å². The van der Waals surface area contributed by atoms with Crippen LogP contribution in [0.25, 0.3) is 10.8 Å². The van der Waals surface area contributed by atoms with Crippen molar-refractivity contribution in [3.63, 3.8) is 0 Å². The molecule has 3 aromatic rings. The Balaban J connectivity index is 1.32. The van der Waals surface area contributed by atoms with E-state index in [0.29, 0.717) is 11.3 Å². The molecule has 4 heterocycles. The smallest absolute Gasteiger partial charge is 0.238 e. The van der Waals surface area contributed by atoms with Crippen LogP contribution in [0.5, 0.6) is 0 Å². The fourth-order valence-corrected chi connectivity index (χ4v) is 7.02. The Hall–Kier alpha value is -2.44. The first-order valence-electron chi connectivity index (χ1n) is 12.6. The summed E-state index contributed by atoms with van der Waals surface area (Å²) in [7, 11) is 0.